The molecule has 0 amide bonds. The van der Waals surface area contributed by atoms with Crippen molar-refractivity contribution < 1.29 is 0 Å². The van der Waals surface area contributed by atoms with Crippen LogP contribution in [-0.2, 0) is 0 Å². The van der Waals surface area contributed by atoms with Gasteiger partial charge in [-0.3, -0.25) is 0 Å². The summed E-state index contributed by atoms with van der Waals surface area (Å²) >= 11 is 0. The lowest BCUT2D eigenvalue weighted by Gasteiger charge is -2.21. The van der Waals surface area contributed by atoms with E-state index < -0.39 is 0 Å². The monoisotopic (exact) mass is 314 g/mol. The van der Waals surface area contributed by atoms with Gasteiger partial charge in [-0.25, -0.2) is 0 Å². The smallest absolute Gasteiger partial charge is 0.0361 e. The summed E-state index contributed by atoms with van der Waals surface area (Å²) < 4.78 is 0. The van der Waals surface area contributed by atoms with E-state index in [1.165, 1.54) is 34.6 Å². The topological polar surface area (TPSA) is 6.48 Å². The molecule has 0 saturated carbocycles. The lowest BCUT2D eigenvalue weighted by molar-refractivity contribution is 1.10. The summed E-state index contributed by atoms with van der Waals surface area (Å²) in [6.07, 6.45) is 2.47. The third kappa shape index (κ3) is 4.01. The first-order valence-corrected chi connectivity index (χ1v) is 9.38. The zero-order chi connectivity index (χ0) is 16.1. The van der Waals surface area contributed by atoms with E-state index >= 15 is 0 Å². The third-order valence-electron chi connectivity index (χ3n) is 3.80. The molecule has 0 N–H and O–H groups in total. The Hall–Kier alpha value is -1.53. The molecule has 0 fully saturated rings. The van der Waals surface area contributed by atoms with Crippen LogP contribution in [0.25, 0.3) is 0 Å². The molecular weight excluding hydrogens is 287 g/mol. The van der Waals surface area contributed by atoms with Crippen molar-refractivity contribution in [2.45, 2.75) is 13.3 Å². The lowest BCUT2D eigenvalue weighted by atomic mass is 10.3. The van der Waals surface area contributed by atoms with Gasteiger partial charge in [0, 0.05) is 39.6 Å². The largest absolute Gasteiger partial charge is 0.378 e. The maximum atomic E-state index is 2.30. The van der Waals surface area contributed by atoms with Crippen LogP contribution in [0.3, 0.4) is 0 Å². The molecule has 0 radical (unpaired) electrons. The Balaban J connectivity index is 2.28. The molecule has 2 rings (SSSR count). The van der Waals surface area contributed by atoms with Crippen LogP contribution in [-0.4, -0.2) is 34.4 Å². The zero-order valence-corrected chi connectivity index (χ0v) is 15.3. The van der Waals surface area contributed by atoms with E-state index in [1.807, 2.05) is 0 Å². The second-order valence-electron chi connectivity index (χ2n) is 5.97. The predicted octanol–water partition coefficient (Wildman–Crippen LogP) is 3.66. The van der Waals surface area contributed by atoms with Gasteiger partial charge in [0.15, 0.2) is 0 Å². The van der Waals surface area contributed by atoms with Crippen molar-refractivity contribution in [2.75, 3.05) is 44.2 Å². The second-order valence-corrected chi connectivity index (χ2v) is 8.31. The van der Waals surface area contributed by atoms with Crippen LogP contribution in [0.1, 0.15) is 13.3 Å². The summed E-state index contributed by atoms with van der Waals surface area (Å²) in [5, 5.41) is 2.94. The Morgan fingerprint density at radius 1 is 0.682 bits per heavy atom. The van der Waals surface area contributed by atoms with E-state index in [0.717, 1.165) is 0 Å². The lowest BCUT2D eigenvalue weighted by Crippen LogP contribution is -2.16. The molecule has 0 aliphatic carbocycles. The number of rotatable bonds is 6. The third-order valence-corrected chi connectivity index (χ3v) is 6.54. The second kappa shape index (κ2) is 7.65. The fourth-order valence-electron chi connectivity index (χ4n) is 2.49. The minimum Gasteiger partial charge on any atom is -0.378 e. The maximum absolute atomic E-state index is 2.30. The fourth-order valence-corrected chi connectivity index (χ4v) is 4.77. The summed E-state index contributed by atoms with van der Waals surface area (Å²) in [6, 6.07) is 18.1. The Kier molecular flexibility index (Phi) is 5.85. The van der Waals surface area contributed by atoms with Crippen LogP contribution in [0.2, 0.25) is 0 Å². The molecular formula is C19H27N2P. The molecule has 0 aliphatic rings. The van der Waals surface area contributed by atoms with Gasteiger partial charge < -0.3 is 9.80 Å². The highest BCUT2D eigenvalue weighted by Crippen LogP contribution is 2.35. The highest BCUT2D eigenvalue weighted by atomic mass is 31.1. The number of hydrogen-bond acceptors (Lipinski definition) is 2. The van der Waals surface area contributed by atoms with Crippen molar-refractivity contribution in [2.24, 2.45) is 0 Å². The van der Waals surface area contributed by atoms with E-state index in [2.05, 4.69) is 93.4 Å². The molecule has 0 saturated heterocycles. The van der Waals surface area contributed by atoms with Crippen LogP contribution in [0.4, 0.5) is 11.4 Å². The molecule has 0 bridgehead atoms. The highest BCUT2D eigenvalue weighted by Gasteiger charge is 2.13. The number of anilines is 2. The average Bonchev–Trinajstić information content (AvgIpc) is 2.53. The molecule has 2 nitrogen and oxygen atoms in total. The van der Waals surface area contributed by atoms with Crippen LogP contribution >= 0.6 is 7.92 Å². The van der Waals surface area contributed by atoms with E-state index in [9.17, 15) is 0 Å². The van der Waals surface area contributed by atoms with Crippen molar-refractivity contribution in [3.63, 3.8) is 0 Å². The molecule has 2 aromatic rings. The SMILES string of the molecule is CCCP(c1ccc(N(C)C)cc1)c1ccc(N(C)C)cc1. The van der Waals surface area contributed by atoms with Gasteiger partial charge in [-0.15, -0.1) is 0 Å². The van der Waals surface area contributed by atoms with Crippen LogP contribution < -0.4 is 20.4 Å². The van der Waals surface area contributed by atoms with Gasteiger partial charge in [0.2, 0.25) is 0 Å². The Morgan fingerprint density at radius 2 is 1.05 bits per heavy atom. The minimum atomic E-state index is -0.251. The normalized spacial score (nSPS) is 10.8. The molecule has 2 aromatic carbocycles. The summed E-state index contributed by atoms with van der Waals surface area (Å²) in [6.45, 7) is 2.28. The van der Waals surface area contributed by atoms with Gasteiger partial charge in [0.25, 0.3) is 0 Å². The Bertz CT molecular complexity index is 522. The van der Waals surface area contributed by atoms with Crippen molar-refractivity contribution in [1.29, 1.82) is 0 Å². The number of nitrogens with zero attached hydrogens (tertiary/aromatic N) is 2. The van der Waals surface area contributed by atoms with E-state index in [-0.39, 0.29) is 7.92 Å². The summed E-state index contributed by atoms with van der Waals surface area (Å²) in [4.78, 5) is 4.30. The average molecular weight is 314 g/mol. The van der Waals surface area contributed by atoms with E-state index in [0.29, 0.717) is 0 Å². The molecule has 0 aromatic heterocycles. The first-order chi connectivity index (χ1) is 10.5. The molecule has 0 aliphatic heterocycles. The molecule has 0 spiro atoms. The van der Waals surface area contributed by atoms with Crippen molar-refractivity contribution in [3.05, 3.63) is 48.5 Å². The molecule has 22 heavy (non-hydrogen) atoms. The van der Waals surface area contributed by atoms with Crippen LogP contribution in [0, 0.1) is 0 Å². The van der Waals surface area contributed by atoms with Crippen molar-refractivity contribution >= 4 is 29.9 Å². The standard InChI is InChI=1S/C19H27N2P/c1-6-15-22(18-11-7-16(8-12-18)20(2)3)19-13-9-17(10-14-19)21(4)5/h7-14H,6,15H2,1-5H3. The summed E-state index contributed by atoms with van der Waals surface area (Å²) in [7, 11) is 8.10. The molecule has 0 unspecified atom stereocenters. The quantitative estimate of drug-likeness (QED) is 0.751. The molecule has 3 heteroatoms. The molecule has 118 valence electrons. The number of benzene rings is 2. The van der Waals surface area contributed by atoms with Crippen molar-refractivity contribution in [3.8, 4) is 0 Å². The highest BCUT2D eigenvalue weighted by molar-refractivity contribution is 7.73. The van der Waals surface area contributed by atoms with E-state index in [1.54, 1.807) is 0 Å². The Morgan fingerprint density at radius 3 is 1.32 bits per heavy atom. The van der Waals surface area contributed by atoms with Gasteiger partial charge >= 0.3 is 0 Å². The molecule has 0 heterocycles. The fraction of sp³-hybridized carbons (Fsp3) is 0.368. The van der Waals surface area contributed by atoms with Gasteiger partial charge in [0.1, 0.15) is 0 Å². The summed E-state index contributed by atoms with van der Waals surface area (Å²) in [5.41, 5.74) is 2.52. The van der Waals surface area contributed by atoms with Gasteiger partial charge in [-0.2, -0.15) is 0 Å². The first kappa shape index (κ1) is 16.8. The van der Waals surface area contributed by atoms with Gasteiger partial charge in [0.05, 0.1) is 0 Å². The zero-order valence-electron chi connectivity index (χ0n) is 14.4. The Labute approximate surface area is 136 Å². The van der Waals surface area contributed by atoms with Gasteiger partial charge in [-0.1, -0.05) is 37.6 Å². The number of hydrogen-bond donors (Lipinski definition) is 0. The van der Waals surface area contributed by atoms with Crippen LogP contribution in [0.15, 0.2) is 48.5 Å². The molecule has 0 atom stereocenters. The minimum absolute atomic E-state index is 0.251. The van der Waals surface area contributed by atoms with Crippen LogP contribution in [0.5, 0.6) is 0 Å². The predicted molar refractivity (Wildman–Crippen MR) is 103 cm³/mol. The maximum Gasteiger partial charge on any atom is 0.0361 e. The first-order valence-electron chi connectivity index (χ1n) is 7.85. The van der Waals surface area contributed by atoms with Crippen molar-refractivity contribution in [1.82, 2.24) is 0 Å². The van der Waals surface area contributed by atoms with Gasteiger partial charge in [-0.05, 0) is 49.0 Å². The van der Waals surface area contributed by atoms with E-state index in [4.69, 9.17) is 0 Å². The summed E-state index contributed by atoms with van der Waals surface area (Å²) in [5.74, 6) is 0.